The molecule has 1 aliphatic heterocycles. The molecule has 0 atom stereocenters. The molecule has 92 valence electrons. The lowest BCUT2D eigenvalue weighted by Crippen LogP contribution is -2.33. The molecule has 2 heterocycles. The SMILES string of the molecule is COC(=O)N1CCc2nc(C)nc(N)c2CC1. The Morgan fingerprint density at radius 1 is 1.35 bits per heavy atom. The number of fused-ring (bicyclic) bond motifs is 1. The normalized spacial score (nSPS) is 15.1. The molecule has 17 heavy (non-hydrogen) atoms. The quantitative estimate of drug-likeness (QED) is 0.710. The third-order valence-corrected chi connectivity index (χ3v) is 2.92. The van der Waals surface area contributed by atoms with Crippen molar-refractivity contribution in [3.05, 3.63) is 17.1 Å². The molecule has 0 aromatic carbocycles. The van der Waals surface area contributed by atoms with Crippen LogP contribution in [0.15, 0.2) is 0 Å². The lowest BCUT2D eigenvalue weighted by atomic mass is 10.1. The maximum absolute atomic E-state index is 11.5. The lowest BCUT2D eigenvalue weighted by molar-refractivity contribution is 0.125. The molecular formula is C11H16N4O2. The summed E-state index contributed by atoms with van der Waals surface area (Å²) >= 11 is 0. The van der Waals surface area contributed by atoms with Gasteiger partial charge in [0.25, 0.3) is 0 Å². The van der Waals surface area contributed by atoms with E-state index in [1.165, 1.54) is 7.11 Å². The van der Waals surface area contributed by atoms with Crippen molar-refractivity contribution in [1.82, 2.24) is 14.9 Å². The van der Waals surface area contributed by atoms with Crippen LogP contribution in [0.3, 0.4) is 0 Å². The van der Waals surface area contributed by atoms with Crippen LogP contribution in [-0.4, -0.2) is 41.2 Å². The molecule has 0 bridgehead atoms. The number of nitrogens with zero attached hydrogens (tertiary/aromatic N) is 3. The summed E-state index contributed by atoms with van der Waals surface area (Å²) < 4.78 is 4.72. The zero-order valence-corrected chi connectivity index (χ0v) is 10.1. The minimum Gasteiger partial charge on any atom is -0.453 e. The first-order valence-electron chi connectivity index (χ1n) is 5.56. The van der Waals surface area contributed by atoms with Crippen molar-refractivity contribution in [3.63, 3.8) is 0 Å². The Morgan fingerprint density at radius 2 is 2.06 bits per heavy atom. The second-order valence-corrected chi connectivity index (χ2v) is 4.04. The summed E-state index contributed by atoms with van der Waals surface area (Å²) in [5, 5.41) is 0. The summed E-state index contributed by atoms with van der Waals surface area (Å²) in [4.78, 5) is 21.7. The van der Waals surface area contributed by atoms with Crippen LogP contribution in [0, 0.1) is 6.92 Å². The van der Waals surface area contributed by atoms with E-state index in [0.717, 1.165) is 11.3 Å². The minimum atomic E-state index is -0.305. The Bertz CT molecular complexity index is 447. The highest BCUT2D eigenvalue weighted by Gasteiger charge is 2.21. The van der Waals surface area contributed by atoms with Crippen LogP contribution < -0.4 is 5.73 Å². The van der Waals surface area contributed by atoms with E-state index in [0.29, 0.717) is 37.6 Å². The number of hydrogen-bond acceptors (Lipinski definition) is 5. The number of nitrogens with two attached hydrogens (primary N) is 1. The number of aryl methyl sites for hydroxylation is 1. The van der Waals surface area contributed by atoms with Crippen molar-refractivity contribution in [2.45, 2.75) is 19.8 Å². The highest BCUT2D eigenvalue weighted by atomic mass is 16.5. The van der Waals surface area contributed by atoms with Gasteiger partial charge in [-0.25, -0.2) is 14.8 Å². The van der Waals surface area contributed by atoms with Crippen LogP contribution in [-0.2, 0) is 17.6 Å². The van der Waals surface area contributed by atoms with Crippen LogP contribution in [0.2, 0.25) is 0 Å². The van der Waals surface area contributed by atoms with Gasteiger partial charge < -0.3 is 15.4 Å². The Kier molecular flexibility index (Phi) is 3.12. The second-order valence-electron chi connectivity index (χ2n) is 4.04. The van der Waals surface area contributed by atoms with Crippen molar-refractivity contribution in [2.75, 3.05) is 25.9 Å². The van der Waals surface area contributed by atoms with Gasteiger partial charge >= 0.3 is 6.09 Å². The van der Waals surface area contributed by atoms with E-state index in [4.69, 9.17) is 10.5 Å². The van der Waals surface area contributed by atoms with Crippen LogP contribution in [0.5, 0.6) is 0 Å². The van der Waals surface area contributed by atoms with Gasteiger partial charge in [0.2, 0.25) is 0 Å². The molecule has 6 heteroatoms. The van der Waals surface area contributed by atoms with Gasteiger partial charge in [-0.2, -0.15) is 0 Å². The maximum atomic E-state index is 11.5. The van der Waals surface area contributed by atoms with Crippen LogP contribution >= 0.6 is 0 Å². The average molecular weight is 236 g/mol. The average Bonchev–Trinajstić information content (AvgIpc) is 2.50. The largest absolute Gasteiger partial charge is 0.453 e. The summed E-state index contributed by atoms with van der Waals surface area (Å²) in [6.45, 7) is 3.02. The molecule has 0 spiro atoms. The van der Waals surface area contributed by atoms with Crippen molar-refractivity contribution in [3.8, 4) is 0 Å². The van der Waals surface area contributed by atoms with Crippen molar-refractivity contribution in [1.29, 1.82) is 0 Å². The molecule has 1 aromatic rings. The van der Waals surface area contributed by atoms with E-state index < -0.39 is 0 Å². The van der Waals surface area contributed by atoms with Crippen molar-refractivity contribution >= 4 is 11.9 Å². The molecule has 2 N–H and O–H groups in total. The maximum Gasteiger partial charge on any atom is 0.409 e. The number of nitrogen functional groups attached to an aromatic ring is 1. The topological polar surface area (TPSA) is 81.3 Å². The van der Waals surface area contributed by atoms with E-state index in [9.17, 15) is 4.79 Å². The monoisotopic (exact) mass is 236 g/mol. The van der Waals surface area contributed by atoms with Crippen molar-refractivity contribution in [2.24, 2.45) is 0 Å². The van der Waals surface area contributed by atoms with E-state index >= 15 is 0 Å². The Balaban J connectivity index is 2.24. The summed E-state index contributed by atoms with van der Waals surface area (Å²) in [6.07, 6.45) is 1.07. The van der Waals surface area contributed by atoms with Gasteiger partial charge in [0.15, 0.2) is 0 Å². The first-order valence-corrected chi connectivity index (χ1v) is 5.56. The van der Waals surface area contributed by atoms with Gasteiger partial charge in [-0.05, 0) is 13.3 Å². The van der Waals surface area contributed by atoms with Gasteiger partial charge in [0.05, 0.1) is 12.8 Å². The number of rotatable bonds is 0. The van der Waals surface area contributed by atoms with Gasteiger partial charge in [-0.1, -0.05) is 0 Å². The van der Waals surface area contributed by atoms with Gasteiger partial charge in [-0.15, -0.1) is 0 Å². The predicted molar refractivity (Wildman–Crippen MR) is 62.6 cm³/mol. The molecule has 0 saturated heterocycles. The smallest absolute Gasteiger partial charge is 0.409 e. The lowest BCUT2D eigenvalue weighted by Gasteiger charge is -2.17. The molecule has 0 radical (unpaired) electrons. The summed E-state index contributed by atoms with van der Waals surface area (Å²) in [7, 11) is 1.39. The number of carbonyl (C=O) groups excluding carboxylic acids is 1. The molecule has 1 amide bonds. The summed E-state index contributed by atoms with van der Waals surface area (Å²) in [5.41, 5.74) is 7.79. The zero-order valence-electron chi connectivity index (χ0n) is 10.1. The van der Waals surface area contributed by atoms with E-state index in [2.05, 4.69) is 9.97 Å². The van der Waals surface area contributed by atoms with Crippen LogP contribution in [0.4, 0.5) is 10.6 Å². The molecule has 0 fully saturated rings. The number of amides is 1. The van der Waals surface area contributed by atoms with Crippen LogP contribution in [0.1, 0.15) is 17.1 Å². The highest BCUT2D eigenvalue weighted by Crippen LogP contribution is 2.19. The fraction of sp³-hybridized carbons (Fsp3) is 0.545. The van der Waals surface area contributed by atoms with Gasteiger partial charge in [0.1, 0.15) is 11.6 Å². The number of hydrogen-bond donors (Lipinski definition) is 1. The molecule has 6 nitrogen and oxygen atoms in total. The number of ether oxygens (including phenoxy) is 1. The first-order chi connectivity index (χ1) is 8.11. The summed E-state index contributed by atoms with van der Waals surface area (Å²) in [6, 6.07) is 0. The number of anilines is 1. The standard InChI is InChI=1S/C11H16N4O2/c1-7-13-9-4-6-15(11(16)17-2)5-3-8(9)10(12)14-7/h3-6H2,1-2H3,(H2,12,13,14). The summed E-state index contributed by atoms with van der Waals surface area (Å²) in [5.74, 6) is 1.20. The number of methoxy groups -OCH3 is 1. The fourth-order valence-corrected chi connectivity index (χ4v) is 2.07. The molecule has 1 aliphatic rings. The third-order valence-electron chi connectivity index (χ3n) is 2.92. The van der Waals surface area contributed by atoms with Crippen molar-refractivity contribution < 1.29 is 9.53 Å². The molecule has 0 unspecified atom stereocenters. The molecular weight excluding hydrogens is 220 g/mol. The molecule has 2 rings (SSSR count). The Morgan fingerprint density at radius 3 is 2.76 bits per heavy atom. The minimum absolute atomic E-state index is 0.305. The predicted octanol–water partition coefficient (Wildman–Crippen LogP) is 0.534. The zero-order chi connectivity index (χ0) is 12.4. The number of carbonyl (C=O) groups is 1. The number of aromatic nitrogens is 2. The third kappa shape index (κ3) is 2.30. The molecule has 1 aromatic heterocycles. The fourth-order valence-electron chi connectivity index (χ4n) is 2.07. The molecule has 0 aliphatic carbocycles. The first kappa shape index (κ1) is 11.6. The second kappa shape index (κ2) is 4.57. The van der Waals surface area contributed by atoms with Gasteiger partial charge in [0, 0.05) is 25.1 Å². The van der Waals surface area contributed by atoms with Crippen LogP contribution in [0.25, 0.3) is 0 Å². The van der Waals surface area contributed by atoms with E-state index in [1.807, 2.05) is 6.92 Å². The van der Waals surface area contributed by atoms with E-state index in [1.54, 1.807) is 4.90 Å². The Labute approximate surface area is 99.8 Å². The van der Waals surface area contributed by atoms with Gasteiger partial charge in [-0.3, -0.25) is 0 Å². The molecule has 0 saturated carbocycles. The van der Waals surface area contributed by atoms with E-state index in [-0.39, 0.29) is 6.09 Å². The Hall–Kier alpha value is -1.85. The highest BCUT2D eigenvalue weighted by molar-refractivity contribution is 5.67.